The van der Waals surface area contributed by atoms with Gasteiger partial charge in [0.25, 0.3) is 5.91 Å². The zero-order valence-electron chi connectivity index (χ0n) is 15.9. The fourth-order valence-corrected chi connectivity index (χ4v) is 3.96. The maximum Gasteiger partial charge on any atom is 0.283 e. The number of carbonyl (C=O) groups is 1. The van der Waals surface area contributed by atoms with E-state index in [-0.39, 0.29) is 11.4 Å². The molecule has 0 saturated carbocycles. The highest BCUT2D eigenvalue weighted by molar-refractivity contribution is 8.26. The minimum Gasteiger partial charge on any atom is -0.378 e. The Hall–Kier alpha value is -2.90. The van der Waals surface area contributed by atoms with Crippen molar-refractivity contribution in [3.63, 3.8) is 0 Å². The summed E-state index contributed by atoms with van der Waals surface area (Å²) in [5.41, 5.74) is 3.17. The molecule has 0 unspecified atom stereocenters. The number of hydrazone groups is 1. The van der Waals surface area contributed by atoms with E-state index < -0.39 is 5.91 Å². The van der Waals surface area contributed by atoms with Crippen molar-refractivity contribution in [3.05, 3.63) is 70.3 Å². The third kappa shape index (κ3) is 4.11. The Morgan fingerprint density at radius 2 is 1.83 bits per heavy atom. The van der Waals surface area contributed by atoms with Gasteiger partial charge in [-0.05, 0) is 53.2 Å². The Bertz CT molecular complexity index is 1070. The Kier molecular flexibility index (Phi) is 5.25. The smallest absolute Gasteiger partial charge is 0.283 e. The van der Waals surface area contributed by atoms with Crippen LogP contribution in [0.25, 0.3) is 6.08 Å². The zero-order valence-corrected chi connectivity index (χ0v) is 17.5. The number of amides is 1. The lowest BCUT2D eigenvalue weighted by Crippen LogP contribution is -2.35. The number of anilines is 1. The normalized spacial score (nSPS) is 17.3. The molecule has 2 aliphatic heterocycles. The van der Waals surface area contributed by atoms with Gasteiger partial charge in [-0.2, -0.15) is 15.1 Å². The second kappa shape index (κ2) is 7.85. The average Bonchev–Trinajstić information content (AvgIpc) is 3.09. The molecule has 0 atom stereocenters. The molecule has 8 heteroatoms. The van der Waals surface area contributed by atoms with Crippen LogP contribution in [0.3, 0.4) is 0 Å². The van der Waals surface area contributed by atoms with E-state index in [0.29, 0.717) is 16.6 Å². The fraction of sp³-hybridized carbons (Fsp3) is 0.143. The van der Waals surface area contributed by atoms with E-state index in [9.17, 15) is 4.79 Å². The summed E-state index contributed by atoms with van der Waals surface area (Å²) in [6.07, 6.45) is 2.27. The Balaban J connectivity index is 1.56. The van der Waals surface area contributed by atoms with E-state index >= 15 is 0 Å². The zero-order chi connectivity index (χ0) is 20.5. The van der Waals surface area contributed by atoms with Crippen LogP contribution in [0.4, 0.5) is 5.69 Å². The van der Waals surface area contributed by atoms with Crippen LogP contribution in [-0.4, -0.2) is 41.1 Å². The van der Waals surface area contributed by atoms with Crippen molar-refractivity contribution in [2.45, 2.75) is 6.42 Å². The molecule has 2 aromatic carbocycles. The number of halogens is 1. The maximum atomic E-state index is 12.5. The van der Waals surface area contributed by atoms with Gasteiger partial charge in [0, 0.05) is 31.2 Å². The van der Waals surface area contributed by atoms with Gasteiger partial charge in [0.05, 0.1) is 5.57 Å². The molecular weight excluding hydrogens is 406 g/mol. The number of nitrogens with zero attached hydrogens (tertiary/aromatic N) is 4. The highest BCUT2D eigenvalue weighted by Gasteiger charge is 2.35. The van der Waals surface area contributed by atoms with Crippen molar-refractivity contribution in [1.82, 2.24) is 5.01 Å². The van der Waals surface area contributed by atoms with E-state index in [1.165, 1.54) is 16.8 Å². The maximum absolute atomic E-state index is 12.5. The third-order valence-corrected chi connectivity index (χ3v) is 5.65. The first-order chi connectivity index (χ1) is 13.9. The summed E-state index contributed by atoms with van der Waals surface area (Å²) in [6, 6.07) is 15.3. The molecule has 0 aliphatic carbocycles. The molecule has 1 N–H and O–H groups in total. The van der Waals surface area contributed by atoms with Gasteiger partial charge in [-0.1, -0.05) is 35.9 Å². The van der Waals surface area contributed by atoms with Crippen LogP contribution in [0.2, 0.25) is 5.02 Å². The summed E-state index contributed by atoms with van der Waals surface area (Å²) in [4.78, 5) is 18.7. The molecule has 1 amide bonds. The topological polar surface area (TPSA) is 72.1 Å². The van der Waals surface area contributed by atoms with E-state index in [2.05, 4.69) is 10.1 Å². The number of rotatable bonds is 4. The number of fused-ring (bicyclic) bond motifs is 1. The number of amidine groups is 2. The van der Waals surface area contributed by atoms with Crippen LogP contribution in [0, 0.1) is 5.41 Å². The number of carbonyl (C=O) groups excluding carboxylic acids is 1. The number of benzene rings is 2. The number of hydrogen-bond donors (Lipinski definition) is 1. The molecule has 2 aliphatic rings. The van der Waals surface area contributed by atoms with E-state index in [1.54, 1.807) is 6.08 Å². The molecule has 6 nitrogen and oxygen atoms in total. The molecule has 0 radical (unpaired) electrons. The quantitative estimate of drug-likeness (QED) is 0.745. The Morgan fingerprint density at radius 3 is 2.48 bits per heavy atom. The minimum atomic E-state index is -0.423. The lowest BCUT2D eigenvalue weighted by molar-refractivity contribution is -0.114. The summed E-state index contributed by atoms with van der Waals surface area (Å²) in [6.45, 7) is 0. The fourth-order valence-electron chi connectivity index (χ4n) is 2.92. The van der Waals surface area contributed by atoms with Gasteiger partial charge in [0.15, 0.2) is 5.84 Å². The second-order valence-electron chi connectivity index (χ2n) is 6.80. The molecule has 0 fully saturated rings. The van der Waals surface area contributed by atoms with Crippen molar-refractivity contribution < 1.29 is 4.79 Å². The van der Waals surface area contributed by atoms with E-state index in [0.717, 1.165) is 21.9 Å². The molecule has 4 rings (SSSR count). The van der Waals surface area contributed by atoms with Gasteiger partial charge in [-0.25, -0.2) is 0 Å². The highest BCUT2D eigenvalue weighted by Crippen LogP contribution is 2.30. The molecule has 29 heavy (non-hydrogen) atoms. The van der Waals surface area contributed by atoms with Crippen molar-refractivity contribution >= 4 is 57.1 Å². The number of hydrogen-bond acceptors (Lipinski definition) is 5. The summed E-state index contributed by atoms with van der Waals surface area (Å²) < 4.78 is 0. The van der Waals surface area contributed by atoms with Crippen molar-refractivity contribution in [3.8, 4) is 0 Å². The van der Waals surface area contributed by atoms with Gasteiger partial charge in [0.1, 0.15) is 5.04 Å². The third-order valence-electron chi connectivity index (χ3n) is 4.49. The van der Waals surface area contributed by atoms with Crippen molar-refractivity contribution in [2.75, 3.05) is 19.0 Å². The number of nitrogens with one attached hydrogen (secondary N) is 1. The molecular formula is C21H18ClN5OS. The van der Waals surface area contributed by atoms with Gasteiger partial charge in [-0.3, -0.25) is 10.2 Å². The lowest BCUT2D eigenvalue weighted by Gasteiger charge is -2.20. The number of thioether (sulfide) groups is 1. The van der Waals surface area contributed by atoms with Gasteiger partial charge in [-0.15, -0.1) is 0 Å². The standard InChI is InChI=1S/C21H18ClN5OS/c1-26(2)16-9-5-13(6-10-16)11-17-19(23)27-21(24-20(17)28)29-18(25-27)12-14-3-7-15(22)8-4-14/h3-11,23H,12H2,1-2H3/b17-11-,23-19?. The SMILES string of the molecule is CN(C)c1ccc(/C=C2/C(=N)N3N=C(Cc4ccc(Cl)cc4)SC3=NC2=O)cc1. The Morgan fingerprint density at radius 1 is 1.14 bits per heavy atom. The predicted molar refractivity (Wildman–Crippen MR) is 121 cm³/mol. The van der Waals surface area contributed by atoms with Crippen molar-refractivity contribution in [1.29, 1.82) is 5.41 Å². The summed E-state index contributed by atoms with van der Waals surface area (Å²) >= 11 is 7.25. The second-order valence-corrected chi connectivity index (χ2v) is 8.28. The van der Waals surface area contributed by atoms with E-state index in [4.69, 9.17) is 17.0 Å². The minimum absolute atomic E-state index is 0.0373. The first-order valence-electron chi connectivity index (χ1n) is 8.91. The monoisotopic (exact) mass is 423 g/mol. The van der Waals surface area contributed by atoms with Crippen LogP contribution in [0.5, 0.6) is 0 Å². The van der Waals surface area contributed by atoms with Crippen LogP contribution >= 0.6 is 23.4 Å². The molecule has 0 aromatic heterocycles. The molecule has 2 heterocycles. The summed E-state index contributed by atoms with van der Waals surface area (Å²) in [5.74, 6) is -0.385. The predicted octanol–water partition coefficient (Wildman–Crippen LogP) is 4.27. The molecule has 2 aromatic rings. The van der Waals surface area contributed by atoms with Gasteiger partial charge in [0.2, 0.25) is 5.17 Å². The van der Waals surface area contributed by atoms with E-state index in [1.807, 2.05) is 67.5 Å². The molecule has 0 saturated heterocycles. The molecule has 146 valence electrons. The lowest BCUT2D eigenvalue weighted by atomic mass is 10.1. The van der Waals surface area contributed by atoms with Crippen LogP contribution in [0.1, 0.15) is 11.1 Å². The summed E-state index contributed by atoms with van der Waals surface area (Å²) in [5, 5.41) is 16.3. The average molecular weight is 424 g/mol. The van der Waals surface area contributed by atoms with Crippen LogP contribution in [0.15, 0.2) is 64.2 Å². The van der Waals surface area contributed by atoms with Crippen LogP contribution < -0.4 is 4.90 Å². The summed E-state index contributed by atoms with van der Waals surface area (Å²) in [7, 11) is 3.93. The number of aliphatic imine (C=N–C) groups is 1. The molecule has 0 spiro atoms. The highest BCUT2D eigenvalue weighted by atomic mass is 35.5. The van der Waals surface area contributed by atoms with Crippen molar-refractivity contribution in [2.24, 2.45) is 10.1 Å². The first kappa shape index (κ1) is 19.4. The first-order valence-corrected chi connectivity index (χ1v) is 10.1. The largest absolute Gasteiger partial charge is 0.378 e. The van der Waals surface area contributed by atoms with Crippen LogP contribution in [-0.2, 0) is 11.2 Å². The van der Waals surface area contributed by atoms with Gasteiger partial charge >= 0.3 is 0 Å². The van der Waals surface area contributed by atoms with Gasteiger partial charge < -0.3 is 4.90 Å². The molecule has 0 bridgehead atoms. The Labute approximate surface area is 178 Å².